The maximum atomic E-state index is 12.4. The normalized spacial score (nSPS) is 15.0. The van der Waals surface area contributed by atoms with Crippen molar-refractivity contribution in [2.24, 2.45) is 0 Å². The zero-order valence-electron chi connectivity index (χ0n) is 21.5. The SMILES string of the molecule is C[C@@H](NS(=O)(=O)N1CCN(c2ccc(C#Cc3ccc4cc(C(=O)N(C)C)ccc4c3)cc2)CC1)C(=O)O. The number of nitrogens with one attached hydrogen (secondary N) is 1. The second kappa shape index (κ2) is 11.2. The Labute approximate surface area is 222 Å². The first-order valence-corrected chi connectivity index (χ1v) is 13.6. The van der Waals surface area contributed by atoms with Gasteiger partial charge in [0.15, 0.2) is 0 Å². The van der Waals surface area contributed by atoms with E-state index in [0.717, 1.165) is 27.6 Å². The minimum Gasteiger partial charge on any atom is -0.480 e. The van der Waals surface area contributed by atoms with Crippen molar-refractivity contribution in [2.75, 3.05) is 45.2 Å². The highest BCUT2D eigenvalue weighted by atomic mass is 32.2. The van der Waals surface area contributed by atoms with E-state index in [9.17, 15) is 18.0 Å². The van der Waals surface area contributed by atoms with Gasteiger partial charge in [-0.05, 0) is 66.2 Å². The van der Waals surface area contributed by atoms with Crippen LogP contribution in [0.2, 0.25) is 0 Å². The summed E-state index contributed by atoms with van der Waals surface area (Å²) in [5, 5.41) is 11.0. The van der Waals surface area contributed by atoms with Crippen molar-refractivity contribution < 1.29 is 23.1 Å². The van der Waals surface area contributed by atoms with E-state index in [-0.39, 0.29) is 19.0 Å². The molecule has 10 heteroatoms. The Morgan fingerprint density at radius 3 is 2.11 bits per heavy atom. The highest BCUT2D eigenvalue weighted by Gasteiger charge is 2.29. The summed E-state index contributed by atoms with van der Waals surface area (Å²) < 4.78 is 28.3. The number of hydrogen-bond acceptors (Lipinski definition) is 5. The summed E-state index contributed by atoms with van der Waals surface area (Å²) in [6.45, 7) is 2.80. The number of carbonyl (C=O) groups excluding carboxylic acids is 1. The zero-order valence-corrected chi connectivity index (χ0v) is 22.3. The molecule has 1 amide bonds. The first kappa shape index (κ1) is 27.1. The van der Waals surface area contributed by atoms with E-state index < -0.39 is 22.2 Å². The van der Waals surface area contributed by atoms with Crippen LogP contribution in [0.4, 0.5) is 5.69 Å². The van der Waals surface area contributed by atoms with Gasteiger partial charge < -0.3 is 14.9 Å². The van der Waals surface area contributed by atoms with Gasteiger partial charge >= 0.3 is 5.97 Å². The number of rotatable bonds is 6. The molecule has 1 saturated heterocycles. The molecule has 0 aliphatic carbocycles. The molecular formula is C28H30N4O5S. The van der Waals surface area contributed by atoms with Crippen LogP contribution in [0.5, 0.6) is 0 Å². The first-order valence-electron chi connectivity index (χ1n) is 12.2. The molecule has 2 N–H and O–H groups in total. The van der Waals surface area contributed by atoms with Crippen LogP contribution in [0.25, 0.3) is 10.8 Å². The van der Waals surface area contributed by atoms with Gasteiger partial charge in [-0.25, -0.2) is 0 Å². The van der Waals surface area contributed by atoms with Crippen molar-refractivity contribution in [2.45, 2.75) is 13.0 Å². The average Bonchev–Trinajstić information content (AvgIpc) is 2.91. The smallest absolute Gasteiger partial charge is 0.321 e. The Bertz CT molecular complexity index is 1520. The van der Waals surface area contributed by atoms with Gasteiger partial charge in [0, 0.05) is 62.7 Å². The number of amides is 1. The van der Waals surface area contributed by atoms with Crippen LogP contribution in [0.1, 0.15) is 28.4 Å². The van der Waals surface area contributed by atoms with Gasteiger partial charge in [0.1, 0.15) is 6.04 Å². The molecule has 3 aromatic rings. The summed E-state index contributed by atoms with van der Waals surface area (Å²) in [5.41, 5.74) is 3.34. The summed E-state index contributed by atoms with van der Waals surface area (Å²) in [6.07, 6.45) is 0. The number of aliphatic carboxylic acids is 1. The third kappa shape index (κ3) is 6.31. The Kier molecular flexibility index (Phi) is 8.02. The quantitative estimate of drug-likeness (QED) is 0.470. The molecular weight excluding hydrogens is 504 g/mol. The fourth-order valence-electron chi connectivity index (χ4n) is 4.15. The fraction of sp³-hybridized carbons (Fsp3) is 0.286. The van der Waals surface area contributed by atoms with E-state index in [0.29, 0.717) is 18.7 Å². The highest BCUT2D eigenvalue weighted by Crippen LogP contribution is 2.20. The van der Waals surface area contributed by atoms with Crippen molar-refractivity contribution in [1.82, 2.24) is 13.9 Å². The molecule has 198 valence electrons. The zero-order chi connectivity index (χ0) is 27.4. The second-order valence-corrected chi connectivity index (χ2v) is 11.0. The molecule has 0 spiro atoms. The molecule has 0 radical (unpaired) electrons. The summed E-state index contributed by atoms with van der Waals surface area (Å²) >= 11 is 0. The molecule has 38 heavy (non-hydrogen) atoms. The van der Waals surface area contributed by atoms with Gasteiger partial charge in [0.05, 0.1) is 0 Å². The average molecular weight is 535 g/mol. The molecule has 1 aliphatic heterocycles. The van der Waals surface area contributed by atoms with Gasteiger partial charge in [0.2, 0.25) is 0 Å². The first-order chi connectivity index (χ1) is 18.0. The van der Waals surface area contributed by atoms with Crippen molar-refractivity contribution in [1.29, 1.82) is 0 Å². The van der Waals surface area contributed by atoms with Gasteiger partial charge in [-0.3, -0.25) is 9.59 Å². The lowest BCUT2D eigenvalue weighted by Gasteiger charge is -2.35. The fourth-order valence-corrected chi connectivity index (χ4v) is 5.49. The molecule has 1 heterocycles. The molecule has 1 fully saturated rings. The van der Waals surface area contributed by atoms with Gasteiger partial charge in [-0.1, -0.05) is 24.0 Å². The monoisotopic (exact) mass is 534 g/mol. The Hall–Kier alpha value is -3.91. The van der Waals surface area contributed by atoms with Crippen LogP contribution in [0, 0.1) is 11.8 Å². The van der Waals surface area contributed by atoms with E-state index >= 15 is 0 Å². The van der Waals surface area contributed by atoms with Crippen molar-refractivity contribution in [3.8, 4) is 11.8 Å². The topological polar surface area (TPSA) is 110 Å². The summed E-state index contributed by atoms with van der Waals surface area (Å²) in [6, 6.07) is 18.1. The lowest BCUT2D eigenvalue weighted by atomic mass is 10.0. The van der Waals surface area contributed by atoms with E-state index in [2.05, 4.69) is 21.5 Å². The third-order valence-corrected chi connectivity index (χ3v) is 8.05. The molecule has 1 atom stereocenters. The van der Waals surface area contributed by atoms with Crippen LogP contribution in [0.15, 0.2) is 60.7 Å². The van der Waals surface area contributed by atoms with Crippen molar-refractivity contribution in [3.05, 3.63) is 77.4 Å². The van der Waals surface area contributed by atoms with Gasteiger partial charge in [-0.15, -0.1) is 0 Å². The van der Waals surface area contributed by atoms with Gasteiger partial charge in [-0.2, -0.15) is 17.4 Å². The lowest BCUT2D eigenvalue weighted by molar-refractivity contribution is -0.138. The van der Waals surface area contributed by atoms with Crippen LogP contribution in [0.3, 0.4) is 0 Å². The molecule has 9 nitrogen and oxygen atoms in total. The number of hydrogen-bond donors (Lipinski definition) is 2. The Balaban J connectivity index is 1.38. The minimum absolute atomic E-state index is 0.0338. The Morgan fingerprint density at radius 1 is 0.895 bits per heavy atom. The molecule has 3 aromatic carbocycles. The molecule has 0 bridgehead atoms. The minimum atomic E-state index is -3.86. The predicted octanol–water partition coefficient (Wildman–Crippen LogP) is 2.37. The molecule has 1 aliphatic rings. The number of carboxylic acid groups (broad SMARTS) is 1. The van der Waals surface area contributed by atoms with Crippen LogP contribution >= 0.6 is 0 Å². The summed E-state index contributed by atoms with van der Waals surface area (Å²) in [7, 11) is -0.392. The molecule has 0 aromatic heterocycles. The molecule has 4 rings (SSSR count). The Morgan fingerprint density at radius 2 is 1.47 bits per heavy atom. The van der Waals surface area contributed by atoms with E-state index in [1.165, 1.54) is 11.2 Å². The number of anilines is 1. The largest absolute Gasteiger partial charge is 0.480 e. The molecule has 0 unspecified atom stereocenters. The van der Waals surface area contributed by atoms with Crippen molar-refractivity contribution >= 4 is 38.5 Å². The predicted molar refractivity (Wildman–Crippen MR) is 147 cm³/mol. The maximum Gasteiger partial charge on any atom is 0.321 e. The van der Waals surface area contributed by atoms with Crippen LogP contribution in [-0.4, -0.2) is 80.9 Å². The summed E-state index contributed by atoms with van der Waals surface area (Å²) in [4.78, 5) is 26.8. The maximum absolute atomic E-state index is 12.4. The second-order valence-electron chi connectivity index (χ2n) is 9.34. The number of nitrogens with zero attached hydrogens (tertiary/aromatic N) is 3. The number of piperazine rings is 1. The lowest BCUT2D eigenvalue weighted by Crippen LogP contribution is -2.54. The highest BCUT2D eigenvalue weighted by molar-refractivity contribution is 7.87. The number of carbonyl (C=O) groups is 2. The van der Waals surface area contributed by atoms with E-state index in [1.807, 2.05) is 60.7 Å². The van der Waals surface area contributed by atoms with E-state index in [1.54, 1.807) is 19.0 Å². The number of fused-ring (bicyclic) bond motifs is 1. The molecule has 0 saturated carbocycles. The third-order valence-electron chi connectivity index (χ3n) is 6.35. The number of carboxylic acids is 1. The number of benzene rings is 3. The standard InChI is InChI=1S/C28H30N4O5S/c1-20(28(34)35)29-38(36,37)32-16-14-31(15-17-32)26-12-7-21(8-13-26)4-5-22-6-9-24-19-25(27(33)30(2)3)11-10-23(24)18-22/h6-13,18-20,29H,14-17H2,1-3H3,(H,34,35)/t20-/m1/s1. The summed E-state index contributed by atoms with van der Waals surface area (Å²) in [5.74, 6) is 5.12. The van der Waals surface area contributed by atoms with E-state index in [4.69, 9.17) is 5.11 Å². The van der Waals surface area contributed by atoms with Gasteiger partial charge in [0.25, 0.3) is 16.1 Å². The van der Waals surface area contributed by atoms with Crippen LogP contribution < -0.4 is 9.62 Å². The van der Waals surface area contributed by atoms with Crippen molar-refractivity contribution in [3.63, 3.8) is 0 Å². The van der Waals surface area contributed by atoms with Crippen LogP contribution in [-0.2, 0) is 15.0 Å².